The molecular formula is C55H103NO5. The molecule has 0 aromatic rings. The number of esters is 1. The molecule has 0 radical (unpaired) electrons. The van der Waals surface area contributed by atoms with Gasteiger partial charge in [0.15, 0.2) is 0 Å². The van der Waals surface area contributed by atoms with Gasteiger partial charge in [0, 0.05) is 6.42 Å². The predicted molar refractivity (Wildman–Crippen MR) is 264 cm³/mol. The highest BCUT2D eigenvalue weighted by molar-refractivity contribution is 5.77. The third-order valence-corrected chi connectivity index (χ3v) is 12.3. The van der Waals surface area contributed by atoms with E-state index in [1.54, 1.807) is 0 Å². The van der Waals surface area contributed by atoms with E-state index in [0.29, 0.717) is 19.3 Å². The smallest absolute Gasteiger partial charge is 0.306 e. The van der Waals surface area contributed by atoms with Crippen LogP contribution in [0.3, 0.4) is 0 Å². The minimum Gasteiger partial charge on any atom is -0.462 e. The molecular weight excluding hydrogens is 755 g/mol. The summed E-state index contributed by atoms with van der Waals surface area (Å²) in [4.78, 5) is 26.1. The molecule has 0 fully saturated rings. The average molecular weight is 858 g/mol. The number of carbonyl (C=O) groups is 2. The van der Waals surface area contributed by atoms with Crippen LogP contribution in [0.25, 0.3) is 0 Å². The van der Waals surface area contributed by atoms with Crippen LogP contribution in [-0.2, 0) is 14.3 Å². The Morgan fingerprint density at radius 3 is 1.33 bits per heavy atom. The van der Waals surface area contributed by atoms with Crippen LogP contribution in [0.5, 0.6) is 0 Å². The second kappa shape index (κ2) is 49.1. The van der Waals surface area contributed by atoms with Gasteiger partial charge in [0.1, 0.15) is 6.10 Å². The number of unbranched alkanes of at least 4 members (excludes halogenated alkanes) is 32. The Labute approximate surface area is 379 Å². The molecule has 0 spiro atoms. The standard InChI is InChI=1S/C55H103NO5/c1-4-7-10-13-16-19-22-24-26-28-29-32-35-38-41-44-47-53(58)52(50-57)56-54(59)49-51(46-43-40-37-34-31-21-18-15-12-9-6-3)61-55(60)48-45-42-39-36-33-30-27-25-23-20-17-14-11-8-5-2/h9,12,15,18,21,31,51-53,57-58H,4-8,10-11,13-14,16-17,19-20,22-30,32-50H2,1-3H3,(H,56,59)/b12-9+,18-15+,31-21-. The summed E-state index contributed by atoms with van der Waals surface area (Å²) in [6, 6.07) is -0.709. The summed E-state index contributed by atoms with van der Waals surface area (Å²) < 4.78 is 5.92. The fourth-order valence-electron chi connectivity index (χ4n) is 8.26. The number of hydrogen-bond acceptors (Lipinski definition) is 5. The lowest BCUT2D eigenvalue weighted by Crippen LogP contribution is -2.46. The Bertz CT molecular complexity index is 1010. The minimum atomic E-state index is -0.794. The molecule has 0 aliphatic carbocycles. The Morgan fingerprint density at radius 2 is 0.885 bits per heavy atom. The molecule has 1 amide bonds. The number of allylic oxidation sites excluding steroid dienone is 6. The van der Waals surface area contributed by atoms with Crippen LogP contribution in [0, 0.1) is 0 Å². The number of rotatable bonds is 48. The van der Waals surface area contributed by atoms with E-state index in [1.807, 2.05) is 6.08 Å². The first-order valence-corrected chi connectivity index (χ1v) is 26.7. The highest BCUT2D eigenvalue weighted by atomic mass is 16.5. The van der Waals surface area contributed by atoms with Crippen molar-refractivity contribution in [1.29, 1.82) is 0 Å². The molecule has 0 aromatic carbocycles. The number of hydrogen-bond donors (Lipinski definition) is 3. The molecule has 0 aliphatic heterocycles. The highest BCUT2D eigenvalue weighted by Gasteiger charge is 2.24. The number of carbonyl (C=O) groups excluding carboxylic acids is 2. The third-order valence-electron chi connectivity index (χ3n) is 12.3. The van der Waals surface area contributed by atoms with E-state index in [1.165, 1.54) is 161 Å². The first-order valence-electron chi connectivity index (χ1n) is 26.7. The van der Waals surface area contributed by atoms with Crippen molar-refractivity contribution in [2.24, 2.45) is 0 Å². The van der Waals surface area contributed by atoms with Gasteiger partial charge in [-0.05, 0) is 44.9 Å². The van der Waals surface area contributed by atoms with Crippen molar-refractivity contribution in [3.05, 3.63) is 36.5 Å². The van der Waals surface area contributed by atoms with Crippen LogP contribution >= 0.6 is 0 Å². The number of nitrogens with one attached hydrogen (secondary N) is 1. The van der Waals surface area contributed by atoms with E-state index in [9.17, 15) is 19.8 Å². The summed E-state index contributed by atoms with van der Waals surface area (Å²) in [5.74, 6) is -0.497. The van der Waals surface area contributed by atoms with Gasteiger partial charge in [-0.15, -0.1) is 0 Å². The molecule has 6 nitrogen and oxygen atoms in total. The second-order valence-electron chi connectivity index (χ2n) is 18.3. The summed E-state index contributed by atoms with van der Waals surface area (Å²) in [6.07, 6.45) is 57.8. The van der Waals surface area contributed by atoms with Crippen molar-refractivity contribution in [3.63, 3.8) is 0 Å². The zero-order chi connectivity index (χ0) is 44.5. The molecule has 0 aliphatic rings. The number of ether oxygens (including phenoxy) is 1. The van der Waals surface area contributed by atoms with Gasteiger partial charge in [0.2, 0.25) is 5.91 Å². The van der Waals surface area contributed by atoms with E-state index >= 15 is 0 Å². The number of aliphatic hydroxyl groups is 2. The van der Waals surface area contributed by atoms with Gasteiger partial charge in [0.25, 0.3) is 0 Å². The average Bonchev–Trinajstić information content (AvgIpc) is 3.25. The predicted octanol–water partition coefficient (Wildman–Crippen LogP) is 16.1. The summed E-state index contributed by atoms with van der Waals surface area (Å²) in [5.41, 5.74) is 0. The van der Waals surface area contributed by atoms with Crippen molar-refractivity contribution in [3.8, 4) is 0 Å². The SMILES string of the molecule is CC/C=C/C=C/C=C\CCCCCC(CC(=O)NC(CO)C(O)CCCCCCCCCCCCCCCCCC)OC(=O)CCCCCCCCCCCCCCCCC. The van der Waals surface area contributed by atoms with Crippen molar-refractivity contribution in [2.45, 2.75) is 296 Å². The molecule has 0 saturated heterocycles. The van der Waals surface area contributed by atoms with Crippen LogP contribution < -0.4 is 5.32 Å². The third kappa shape index (κ3) is 44.5. The second-order valence-corrected chi connectivity index (χ2v) is 18.3. The minimum absolute atomic E-state index is 0.0584. The van der Waals surface area contributed by atoms with Gasteiger partial charge in [-0.3, -0.25) is 9.59 Å². The van der Waals surface area contributed by atoms with Crippen LogP contribution in [0.4, 0.5) is 0 Å². The zero-order valence-corrected chi connectivity index (χ0v) is 40.8. The van der Waals surface area contributed by atoms with Gasteiger partial charge in [-0.2, -0.15) is 0 Å². The van der Waals surface area contributed by atoms with E-state index in [0.717, 1.165) is 70.6 Å². The Kier molecular flexibility index (Phi) is 47.6. The Hall–Kier alpha value is -1.92. The van der Waals surface area contributed by atoms with Crippen LogP contribution in [0.1, 0.15) is 278 Å². The van der Waals surface area contributed by atoms with Gasteiger partial charge in [0.05, 0.1) is 25.2 Å². The van der Waals surface area contributed by atoms with Crippen molar-refractivity contribution in [1.82, 2.24) is 5.32 Å². The summed E-state index contributed by atoms with van der Waals surface area (Å²) in [5, 5.41) is 23.8. The fourth-order valence-corrected chi connectivity index (χ4v) is 8.26. The maximum atomic E-state index is 13.2. The monoisotopic (exact) mass is 858 g/mol. The summed E-state index contributed by atoms with van der Waals surface area (Å²) in [6.45, 7) is 6.36. The van der Waals surface area contributed by atoms with E-state index in [4.69, 9.17) is 4.74 Å². The molecule has 6 heteroatoms. The summed E-state index contributed by atoms with van der Waals surface area (Å²) in [7, 11) is 0. The number of amides is 1. The van der Waals surface area contributed by atoms with E-state index in [-0.39, 0.29) is 24.9 Å². The Balaban J connectivity index is 4.49. The quantitative estimate of drug-likeness (QED) is 0.0322. The van der Waals surface area contributed by atoms with E-state index in [2.05, 4.69) is 56.5 Å². The largest absolute Gasteiger partial charge is 0.462 e. The first-order chi connectivity index (χ1) is 30.0. The molecule has 3 N–H and O–H groups in total. The van der Waals surface area contributed by atoms with Gasteiger partial charge < -0.3 is 20.3 Å². The van der Waals surface area contributed by atoms with Crippen LogP contribution in [-0.4, -0.2) is 46.9 Å². The first kappa shape index (κ1) is 59.1. The molecule has 0 saturated carbocycles. The maximum absolute atomic E-state index is 13.2. The molecule has 3 atom stereocenters. The molecule has 0 rings (SSSR count). The zero-order valence-electron chi connectivity index (χ0n) is 40.8. The molecule has 0 bridgehead atoms. The molecule has 61 heavy (non-hydrogen) atoms. The highest BCUT2D eigenvalue weighted by Crippen LogP contribution is 2.18. The van der Waals surface area contributed by atoms with Crippen molar-refractivity contribution < 1.29 is 24.5 Å². The van der Waals surface area contributed by atoms with Crippen molar-refractivity contribution >= 4 is 11.9 Å². The molecule has 3 unspecified atom stereocenters. The van der Waals surface area contributed by atoms with Gasteiger partial charge in [-0.25, -0.2) is 0 Å². The lowest BCUT2D eigenvalue weighted by atomic mass is 10.0. The topological polar surface area (TPSA) is 95.9 Å². The van der Waals surface area contributed by atoms with Gasteiger partial charge in [-0.1, -0.05) is 256 Å². The Morgan fingerprint density at radius 1 is 0.492 bits per heavy atom. The van der Waals surface area contributed by atoms with Crippen LogP contribution in [0.2, 0.25) is 0 Å². The lowest BCUT2D eigenvalue weighted by molar-refractivity contribution is -0.151. The number of aliphatic hydroxyl groups excluding tert-OH is 2. The van der Waals surface area contributed by atoms with E-state index < -0.39 is 18.2 Å². The lowest BCUT2D eigenvalue weighted by Gasteiger charge is -2.24. The van der Waals surface area contributed by atoms with Crippen molar-refractivity contribution in [2.75, 3.05) is 6.61 Å². The molecule has 0 aromatic heterocycles. The van der Waals surface area contributed by atoms with Gasteiger partial charge >= 0.3 is 5.97 Å². The molecule has 358 valence electrons. The molecule has 0 heterocycles. The van der Waals surface area contributed by atoms with Crippen LogP contribution in [0.15, 0.2) is 36.5 Å². The maximum Gasteiger partial charge on any atom is 0.306 e. The normalized spacial score (nSPS) is 13.5. The summed E-state index contributed by atoms with van der Waals surface area (Å²) >= 11 is 0. The fraction of sp³-hybridized carbons (Fsp3) is 0.855.